The summed E-state index contributed by atoms with van der Waals surface area (Å²) in [5.74, 6) is 0.687. The molecule has 0 heterocycles. The molecular formula is C23H36N2. The van der Waals surface area contributed by atoms with Gasteiger partial charge in [-0.05, 0) is 69.8 Å². The molecule has 2 heteroatoms. The van der Waals surface area contributed by atoms with Gasteiger partial charge in [0.05, 0.1) is 11.4 Å². The fraction of sp³-hybridized carbons (Fsp3) is 0.609. The monoisotopic (exact) mass is 340 g/mol. The van der Waals surface area contributed by atoms with Crippen LogP contribution in [0.4, 0.5) is 0 Å². The van der Waals surface area contributed by atoms with Gasteiger partial charge in [0, 0.05) is 12.3 Å². The molecule has 2 aliphatic carbocycles. The highest BCUT2D eigenvalue weighted by molar-refractivity contribution is 5.87. The Bertz CT molecular complexity index is 579. The Morgan fingerprint density at radius 2 is 1.88 bits per heavy atom. The molecule has 0 spiro atoms. The van der Waals surface area contributed by atoms with Crippen LogP contribution < -0.4 is 5.32 Å². The van der Waals surface area contributed by atoms with Crippen LogP contribution in [-0.4, -0.2) is 12.3 Å². The second-order valence-electron chi connectivity index (χ2n) is 7.84. The van der Waals surface area contributed by atoms with Crippen LogP contribution in [0.2, 0.25) is 0 Å². The van der Waals surface area contributed by atoms with E-state index in [2.05, 4.69) is 50.9 Å². The summed E-state index contributed by atoms with van der Waals surface area (Å²) in [4.78, 5) is 4.97. The van der Waals surface area contributed by atoms with E-state index in [-0.39, 0.29) is 0 Å². The van der Waals surface area contributed by atoms with Crippen molar-refractivity contribution in [2.75, 3.05) is 6.54 Å². The molecule has 1 N–H and O–H groups in total. The lowest BCUT2D eigenvalue weighted by Crippen LogP contribution is -2.31. The number of allylic oxidation sites excluding steroid dienone is 5. The van der Waals surface area contributed by atoms with Gasteiger partial charge < -0.3 is 5.32 Å². The van der Waals surface area contributed by atoms with Crippen molar-refractivity contribution in [3.8, 4) is 0 Å². The maximum absolute atomic E-state index is 4.97. The maximum atomic E-state index is 4.97. The highest BCUT2D eigenvalue weighted by Crippen LogP contribution is 2.40. The minimum absolute atomic E-state index is 0.456. The van der Waals surface area contributed by atoms with Crippen LogP contribution in [0.25, 0.3) is 0 Å². The van der Waals surface area contributed by atoms with Gasteiger partial charge in [0.2, 0.25) is 0 Å². The molecule has 2 fully saturated rings. The molecule has 0 radical (unpaired) electrons. The van der Waals surface area contributed by atoms with Crippen LogP contribution in [0, 0.1) is 11.3 Å². The zero-order valence-electron chi connectivity index (χ0n) is 16.7. The molecule has 0 saturated heterocycles. The topological polar surface area (TPSA) is 24.4 Å². The van der Waals surface area contributed by atoms with E-state index in [4.69, 9.17) is 4.99 Å². The van der Waals surface area contributed by atoms with Crippen molar-refractivity contribution in [1.29, 1.82) is 0 Å². The first-order valence-corrected chi connectivity index (χ1v) is 10.00. The molecule has 0 amide bonds. The van der Waals surface area contributed by atoms with Crippen LogP contribution in [-0.2, 0) is 0 Å². The van der Waals surface area contributed by atoms with Crippen molar-refractivity contribution in [3.63, 3.8) is 0 Å². The molecule has 2 nitrogen and oxygen atoms in total. The largest absolute Gasteiger partial charge is 0.383 e. The highest BCUT2D eigenvalue weighted by Gasteiger charge is 2.32. The molecule has 25 heavy (non-hydrogen) atoms. The Morgan fingerprint density at radius 1 is 1.20 bits per heavy atom. The fourth-order valence-electron chi connectivity index (χ4n) is 3.71. The molecule has 0 bridgehead atoms. The van der Waals surface area contributed by atoms with Crippen molar-refractivity contribution in [3.05, 3.63) is 47.9 Å². The van der Waals surface area contributed by atoms with E-state index in [0.717, 1.165) is 17.9 Å². The lowest BCUT2D eigenvalue weighted by molar-refractivity contribution is 0.278. The Labute approximate surface area is 154 Å². The van der Waals surface area contributed by atoms with Gasteiger partial charge in [-0.25, -0.2) is 0 Å². The molecule has 2 rings (SSSR count). The summed E-state index contributed by atoms with van der Waals surface area (Å²) in [7, 11) is 0. The quantitative estimate of drug-likeness (QED) is 0.384. The van der Waals surface area contributed by atoms with Crippen LogP contribution >= 0.6 is 0 Å². The fourth-order valence-corrected chi connectivity index (χ4v) is 3.71. The van der Waals surface area contributed by atoms with Crippen molar-refractivity contribution in [2.45, 2.75) is 72.6 Å². The van der Waals surface area contributed by atoms with Crippen molar-refractivity contribution >= 4 is 5.71 Å². The first kappa shape index (κ1) is 19.8. The molecule has 0 aliphatic heterocycles. The van der Waals surface area contributed by atoms with Gasteiger partial charge in [-0.15, -0.1) is 0 Å². The van der Waals surface area contributed by atoms with Crippen LogP contribution in [0.1, 0.15) is 72.6 Å². The van der Waals surface area contributed by atoms with E-state index >= 15 is 0 Å². The molecule has 0 atom stereocenters. The van der Waals surface area contributed by atoms with Gasteiger partial charge in [-0.3, -0.25) is 4.99 Å². The summed E-state index contributed by atoms with van der Waals surface area (Å²) in [5.41, 5.74) is 4.88. The smallest absolute Gasteiger partial charge is 0.0883 e. The van der Waals surface area contributed by atoms with Crippen molar-refractivity contribution in [1.82, 2.24) is 5.32 Å². The lowest BCUT2D eigenvalue weighted by Gasteiger charge is -2.29. The van der Waals surface area contributed by atoms with Crippen LogP contribution in [0.5, 0.6) is 0 Å². The maximum Gasteiger partial charge on any atom is 0.0883 e. The number of rotatable bonds is 9. The van der Waals surface area contributed by atoms with Gasteiger partial charge in [0.25, 0.3) is 0 Å². The second-order valence-corrected chi connectivity index (χ2v) is 7.84. The number of hydrogen-bond donors (Lipinski definition) is 1. The first-order chi connectivity index (χ1) is 12.0. The van der Waals surface area contributed by atoms with Crippen molar-refractivity contribution < 1.29 is 0 Å². The van der Waals surface area contributed by atoms with E-state index in [0.29, 0.717) is 11.3 Å². The molecule has 2 saturated carbocycles. The summed E-state index contributed by atoms with van der Waals surface area (Å²) in [6.07, 6.45) is 17.6. The third-order valence-electron chi connectivity index (χ3n) is 5.86. The molecule has 0 aromatic heterocycles. The van der Waals surface area contributed by atoms with E-state index in [9.17, 15) is 0 Å². The second kappa shape index (κ2) is 9.22. The minimum Gasteiger partial charge on any atom is -0.383 e. The third kappa shape index (κ3) is 5.73. The zero-order chi connectivity index (χ0) is 18.3. The highest BCUT2D eigenvalue weighted by atomic mass is 14.9. The Balaban J connectivity index is 2.14. The van der Waals surface area contributed by atoms with Crippen LogP contribution in [0.3, 0.4) is 0 Å². The Kier molecular flexibility index (Phi) is 7.28. The Morgan fingerprint density at radius 3 is 2.44 bits per heavy atom. The third-order valence-corrected chi connectivity index (χ3v) is 5.86. The van der Waals surface area contributed by atoms with Gasteiger partial charge >= 0.3 is 0 Å². The molecule has 0 unspecified atom stereocenters. The predicted molar refractivity (Wildman–Crippen MR) is 111 cm³/mol. The van der Waals surface area contributed by atoms with E-state index < -0.39 is 0 Å². The van der Waals surface area contributed by atoms with Gasteiger partial charge in [-0.1, -0.05) is 50.6 Å². The number of hydrogen-bond acceptors (Lipinski definition) is 2. The van der Waals surface area contributed by atoms with E-state index in [1.54, 1.807) is 0 Å². The minimum atomic E-state index is 0.456. The summed E-state index contributed by atoms with van der Waals surface area (Å²) in [6.45, 7) is 14.0. The van der Waals surface area contributed by atoms with Gasteiger partial charge in [0.1, 0.15) is 0 Å². The van der Waals surface area contributed by atoms with Crippen LogP contribution in [0.15, 0.2) is 52.8 Å². The SMILES string of the molecule is C=C(NCC1(CC)CCCC1)\C(N=C(C)C1CC1)=C(C)/C=C\C=C/C. The normalized spacial score (nSPS) is 21.8. The standard InChI is InChI=1S/C23H36N2/c1-6-8-9-12-18(3)22(25-19(4)21-13-14-21)20(5)24-17-23(7-2)15-10-11-16-23/h6,8-9,12,21,24H,5,7,10-11,13-17H2,1-4H3/b8-6-,12-9-,22-18+,25-19?. The number of nitrogens with one attached hydrogen (secondary N) is 1. The predicted octanol–water partition coefficient (Wildman–Crippen LogP) is 6.34. The summed E-state index contributed by atoms with van der Waals surface area (Å²) < 4.78 is 0. The van der Waals surface area contributed by atoms with E-state index in [1.165, 1.54) is 56.2 Å². The molecular weight excluding hydrogens is 304 g/mol. The summed E-state index contributed by atoms with van der Waals surface area (Å²) in [6, 6.07) is 0. The molecule has 0 aromatic rings. The first-order valence-electron chi connectivity index (χ1n) is 10.00. The number of nitrogens with zero attached hydrogens (tertiary/aromatic N) is 1. The summed E-state index contributed by atoms with van der Waals surface area (Å²) >= 11 is 0. The molecule has 138 valence electrons. The van der Waals surface area contributed by atoms with Crippen molar-refractivity contribution in [2.24, 2.45) is 16.3 Å². The molecule has 0 aromatic carbocycles. The van der Waals surface area contributed by atoms with Gasteiger partial charge in [-0.2, -0.15) is 0 Å². The number of aliphatic imine (C=N–C) groups is 1. The zero-order valence-corrected chi connectivity index (χ0v) is 16.7. The molecule has 2 aliphatic rings. The average molecular weight is 341 g/mol. The average Bonchev–Trinajstić information content (AvgIpc) is 3.36. The lowest BCUT2D eigenvalue weighted by atomic mass is 9.83. The summed E-state index contributed by atoms with van der Waals surface area (Å²) in [5, 5.41) is 3.64. The van der Waals surface area contributed by atoms with E-state index in [1.807, 2.05) is 13.0 Å². The van der Waals surface area contributed by atoms with Gasteiger partial charge in [0.15, 0.2) is 0 Å². The Hall–Kier alpha value is -1.57.